The number of hydrogen-bond acceptors (Lipinski definition) is 6. The Balaban J connectivity index is 1.64. The van der Waals surface area contributed by atoms with E-state index in [0.29, 0.717) is 45.3 Å². The van der Waals surface area contributed by atoms with Gasteiger partial charge in [-0.1, -0.05) is 6.92 Å². The van der Waals surface area contributed by atoms with Crippen LogP contribution < -0.4 is 5.32 Å². The molecular weight excluding hydrogens is 440 g/mol. The second-order valence-corrected chi connectivity index (χ2v) is 10.3. The molecule has 1 N–H and O–H groups in total. The van der Waals surface area contributed by atoms with Crippen molar-refractivity contribution in [2.45, 2.75) is 96.0 Å². The lowest BCUT2D eigenvalue weighted by Gasteiger charge is -2.38. The number of rotatable bonds is 0. The standard InChI is InChI=1S/C24H36N4O6/c1-14-11-19-24(33)34-15(2)12-20(29)26-10-6-8-18(26)23(32)27-9-5-4-7-17(27)21(30)25-16(3)22(31)28(19)13-14/h14-19H,4-13H2,1-3H3,(H,25,30)/t14?,15?,16?,17?,18-,19?/m0/s1. The molecule has 4 rings (SSSR count). The van der Waals surface area contributed by atoms with Crippen LogP contribution in [0.4, 0.5) is 0 Å². The normalized spacial score (nSPS) is 36.1. The van der Waals surface area contributed by atoms with Crippen molar-refractivity contribution in [3.05, 3.63) is 0 Å². The van der Waals surface area contributed by atoms with Gasteiger partial charge in [0.25, 0.3) is 0 Å². The highest BCUT2D eigenvalue weighted by atomic mass is 16.5. The summed E-state index contributed by atoms with van der Waals surface area (Å²) in [5.74, 6) is -1.57. The Labute approximate surface area is 200 Å². The van der Waals surface area contributed by atoms with Crippen molar-refractivity contribution in [2.24, 2.45) is 5.92 Å². The fourth-order valence-corrected chi connectivity index (χ4v) is 5.80. The van der Waals surface area contributed by atoms with Crippen LogP contribution in [-0.2, 0) is 28.7 Å². The molecule has 6 atom stereocenters. The molecule has 0 saturated carbocycles. The van der Waals surface area contributed by atoms with E-state index < -0.39 is 36.2 Å². The van der Waals surface area contributed by atoms with E-state index >= 15 is 0 Å². The van der Waals surface area contributed by atoms with E-state index in [1.54, 1.807) is 23.6 Å². The highest BCUT2D eigenvalue weighted by Gasteiger charge is 2.44. The van der Waals surface area contributed by atoms with Gasteiger partial charge in [0.15, 0.2) is 0 Å². The molecule has 4 heterocycles. The number of carbonyl (C=O) groups is 5. The fraction of sp³-hybridized carbons (Fsp3) is 0.792. The lowest BCUT2D eigenvalue weighted by Crippen LogP contribution is -2.59. The summed E-state index contributed by atoms with van der Waals surface area (Å²) in [6, 6.07) is -2.84. The molecule has 0 spiro atoms. The number of ether oxygens (including phenoxy) is 1. The molecule has 5 unspecified atom stereocenters. The number of piperidine rings is 1. The minimum Gasteiger partial charge on any atom is -0.461 e. The zero-order valence-corrected chi connectivity index (χ0v) is 20.3. The van der Waals surface area contributed by atoms with Gasteiger partial charge in [-0.15, -0.1) is 0 Å². The van der Waals surface area contributed by atoms with E-state index in [9.17, 15) is 24.0 Å². The van der Waals surface area contributed by atoms with Gasteiger partial charge in [0, 0.05) is 19.6 Å². The van der Waals surface area contributed by atoms with Gasteiger partial charge in [0.2, 0.25) is 23.6 Å². The van der Waals surface area contributed by atoms with Gasteiger partial charge in [-0.3, -0.25) is 19.2 Å². The molecule has 188 valence electrons. The Morgan fingerprint density at radius 2 is 1.50 bits per heavy atom. The van der Waals surface area contributed by atoms with Crippen molar-refractivity contribution in [2.75, 3.05) is 19.6 Å². The molecule has 0 aromatic carbocycles. The van der Waals surface area contributed by atoms with Gasteiger partial charge < -0.3 is 24.8 Å². The van der Waals surface area contributed by atoms with Crippen molar-refractivity contribution < 1.29 is 28.7 Å². The van der Waals surface area contributed by atoms with Crippen LogP contribution in [0.1, 0.15) is 65.7 Å². The van der Waals surface area contributed by atoms with Crippen molar-refractivity contribution in [3.8, 4) is 0 Å². The Morgan fingerprint density at radius 3 is 2.26 bits per heavy atom. The third-order valence-corrected chi connectivity index (χ3v) is 7.52. The monoisotopic (exact) mass is 476 g/mol. The molecule has 4 fully saturated rings. The summed E-state index contributed by atoms with van der Waals surface area (Å²) in [4.78, 5) is 70.6. The molecule has 0 radical (unpaired) electrons. The van der Waals surface area contributed by atoms with Crippen molar-refractivity contribution in [1.82, 2.24) is 20.0 Å². The van der Waals surface area contributed by atoms with Crippen LogP contribution in [0.25, 0.3) is 0 Å². The summed E-state index contributed by atoms with van der Waals surface area (Å²) in [6.07, 6.45) is 3.17. The highest BCUT2D eigenvalue weighted by Crippen LogP contribution is 2.28. The van der Waals surface area contributed by atoms with Crippen LogP contribution in [0.5, 0.6) is 0 Å². The van der Waals surface area contributed by atoms with Gasteiger partial charge in [-0.05, 0) is 58.3 Å². The first-order valence-corrected chi connectivity index (χ1v) is 12.6. The number of hydrogen-bond donors (Lipinski definition) is 1. The van der Waals surface area contributed by atoms with Gasteiger partial charge in [0.1, 0.15) is 30.3 Å². The van der Waals surface area contributed by atoms with Crippen molar-refractivity contribution in [1.29, 1.82) is 0 Å². The quantitative estimate of drug-likeness (QED) is 0.507. The number of amides is 4. The number of cyclic esters (lactones) is 1. The van der Waals surface area contributed by atoms with E-state index in [2.05, 4.69) is 5.32 Å². The third-order valence-electron chi connectivity index (χ3n) is 7.52. The minimum absolute atomic E-state index is 0.0218. The van der Waals surface area contributed by atoms with Crippen LogP contribution in [0.3, 0.4) is 0 Å². The molecule has 10 heteroatoms. The Bertz CT molecular complexity index is 862. The molecule has 0 aromatic heterocycles. The highest BCUT2D eigenvalue weighted by molar-refractivity contribution is 5.95. The predicted molar refractivity (Wildman–Crippen MR) is 121 cm³/mol. The van der Waals surface area contributed by atoms with E-state index in [4.69, 9.17) is 4.74 Å². The fourth-order valence-electron chi connectivity index (χ4n) is 5.80. The van der Waals surface area contributed by atoms with Crippen molar-refractivity contribution >= 4 is 29.6 Å². The maximum Gasteiger partial charge on any atom is 0.329 e. The largest absolute Gasteiger partial charge is 0.461 e. The molecule has 0 aromatic rings. The first-order chi connectivity index (χ1) is 16.2. The first kappa shape index (κ1) is 24.5. The number of carbonyl (C=O) groups excluding carboxylic acids is 5. The third kappa shape index (κ3) is 4.77. The summed E-state index contributed by atoms with van der Waals surface area (Å²) in [5.41, 5.74) is 0. The van der Waals surface area contributed by atoms with Gasteiger partial charge in [0.05, 0.1) is 6.42 Å². The maximum atomic E-state index is 13.5. The smallest absolute Gasteiger partial charge is 0.329 e. The second-order valence-electron chi connectivity index (χ2n) is 10.3. The van der Waals surface area contributed by atoms with Crippen LogP contribution in [0.2, 0.25) is 0 Å². The molecule has 0 aliphatic carbocycles. The topological polar surface area (TPSA) is 116 Å². The lowest BCUT2D eigenvalue weighted by atomic mass is 9.99. The first-order valence-electron chi connectivity index (χ1n) is 12.6. The van der Waals surface area contributed by atoms with E-state index in [-0.39, 0.29) is 36.0 Å². The van der Waals surface area contributed by atoms with Crippen LogP contribution in [-0.4, -0.2) is 94.2 Å². The predicted octanol–water partition coefficient (Wildman–Crippen LogP) is 0.436. The van der Waals surface area contributed by atoms with Crippen LogP contribution >= 0.6 is 0 Å². The van der Waals surface area contributed by atoms with E-state index in [1.807, 2.05) is 6.92 Å². The maximum absolute atomic E-state index is 13.5. The Hall–Kier alpha value is -2.65. The van der Waals surface area contributed by atoms with Crippen LogP contribution in [0, 0.1) is 5.92 Å². The molecule has 0 bridgehead atoms. The summed E-state index contributed by atoms with van der Waals surface area (Å²) in [5, 5.41) is 2.79. The van der Waals surface area contributed by atoms with Crippen LogP contribution in [0.15, 0.2) is 0 Å². The number of nitrogens with zero attached hydrogens (tertiary/aromatic N) is 3. The summed E-state index contributed by atoms with van der Waals surface area (Å²) >= 11 is 0. The molecule has 34 heavy (non-hydrogen) atoms. The van der Waals surface area contributed by atoms with Gasteiger partial charge in [-0.2, -0.15) is 0 Å². The van der Waals surface area contributed by atoms with E-state index in [0.717, 1.165) is 12.8 Å². The molecule has 4 aliphatic heterocycles. The molecule has 4 aliphatic rings. The SMILES string of the molecule is CC1CC2C(=O)OC(C)CC(=O)N3CCC[C@H]3C(=O)N3CCCCC3C(=O)NC(C)C(=O)N2C1. The molecule has 10 nitrogen and oxygen atoms in total. The van der Waals surface area contributed by atoms with Gasteiger partial charge in [-0.25, -0.2) is 4.79 Å². The summed E-state index contributed by atoms with van der Waals surface area (Å²) in [7, 11) is 0. The summed E-state index contributed by atoms with van der Waals surface area (Å²) < 4.78 is 5.59. The Kier molecular flexibility index (Phi) is 7.14. The average molecular weight is 477 g/mol. The number of esters is 1. The lowest BCUT2D eigenvalue weighted by molar-refractivity contribution is -0.160. The number of fused-ring (bicyclic) bond motifs is 3. The second kappa shape index (κ2) is 9.92. The molecule has 4 amide bonds. The zero-order valence-electron chi connectivity index (χ0n) is 20.3. The summed E-state index contributed by atoms with van der Waals surface area (Å²) in [6.45, 7) is 6.57. The number of nitrogens with one attached hydrogen (secondary N) is 1. The van der Waals surface area contributed by atoms with Gasteiger partial charge >= 0.3 is 5.97 Å². The molecular formula is C24H36N4O6. The average Bonchev–Trinajstić information content (AvgIpc) is 3.44. The Morgan fingerprint density at radius 1 is 0.794 bits per heavy atom. The minimum atomic E-state index is -0.832. The molecule has 4 saturated heterocycles. The zero-order chi connectivity index (χ0) is 24.6. The van der Waals surface area contributed by atoms with E-state index in [1.165, 1.54) is 4.90 Å². The van der Waals surface area contributed by atoms with Crippen molar-refractivity contribution in [3.63, 3.8) is 0 Å².